The summed E-state index contributed by atoms with van der Waals surface area (Å²) in [7, 11) is -2.95. The third kappa shape index (κ3) is 7.11. The van der Waals surface area contributed by atoms with E-state index in [0.29, 0.717) is 0 Å². The van der Waals surface area contributed by atoms with E-state index in [1.165, 1.54) is 0 Å². The minimum absolute atomic E-state index is 0. The minimum Gasteiger partial charge on any atom is -0.756 e. The Kier molecular flexibility index (Phi) is 8.51. The maximum atomic E-state index is 10.1. The van der Waals surface area contributed by atoms with Crippen LogP contribution in [-0.2, 0) is 46.3 Å². The summed E-state index contributed by atoms with van der Waals surface area (Å²) >= 11 is 0. The molecule has 1 radical (unpaired) electrons. The molecule has 0 aromatic heterocycles. The third-order valence-corrected chi connectivity index (χ3v) is 1.42. The van der Waals surface area contributed by atoms with Gasteiger partial charge < -0.3 is 20.9 Å². The van der Waals surface area contributed by atoms with E-state index in [-0.39, 0.29) is 39.3 Å². The second kappa shape index (κ2) is 5.96. The van der Waals surface area contributed by atoms with E-state index in [9.17, 15) is 9.46 Å². The molecule has 0 heterocycles. The van der Waals surface area contributed by atoms with Crippen molar-refractivity contribution in [3.8, 4) is 0 Å². The second-order valence-electron chi connectivity index (χ2n) is 0.963. The molecule has 0 bridgehead atoms. The van der Waals surface area contributed by atoms with Crippen molar-refractivity contribution in [3.05, 3.63) is 6.92 Å². The molecule has 0 aromatic carbocycles. The fourth-order valence-corrected chi connectivity index (χ4v) is 0.494. The average molecular weight is 227 g/mol. The van der Waals surface area contributed by atoms with Gasteiger partial charge >= 0.3 is 0 Å². The molecular weight excluding hydrogens is 220 g/mol. The zero-order valence-corrected chi connectivity index (χ0v) is 8.80. The summed E-state index contributed by atoms with van der Waals surface area (Å²) < 4.78 is 18.1. The largest absolute Gasteiger partial charge is 0.756 e. The van der Waals surface area contributed by atoms with E-state index < -0.39 is 7.82 Å². The number of rotatable bonds is 3. The molecule has 0 N–H and O–H groups in total. The topological polar surface area (TPSA) is 58.6 Å². The number of phosphoric acid groups is 1. The van der Waals surface area contributed by atoms with Crippen LogP contribution in [0, 0.1) is 6.92 Å². The summed E-state index contributed by atoms with van der Waals surface area (Å²) in [6.45, 7) is 3.01. The maximum absolute atomic E-state index is 10.1. The molecule has 0 aromatic rings. The fourth-order valence-electron chi connectivity index (χ4n) is 0.165. The van der Waals surface area contributed by atoms with Gasteiger partial charge in [-0.2, -0.15) is 0 Å². The summed E-state index contributed by atoms with van der Waals surface area (Å²) in [5, 5.41) is 0. The van der Waals surface area contributed by atoms with Crippen molar-refractivity contribution in [2.24, 2.45) is 0 Å². The van der Waals surface area contributed by atoms with E-state index in [1.54, 1.807) is 0 Å². The van der Waals surface area contributed by atoms with Crippen molar-refractivity contribution >= 4 is 7.82 Å². The Morgan fingerprint density at radius 3 is 2.33 bits per heavy atom. The summed E-state index contributed by atoms with van der Waals surface area (Å²) in [6.07, 6.45) is 0. The van der Waals surface area contributed by atoms with Gasteiger partial charge in [0, 0.05) is 39.8 Å². The van der Waals surface area contributed by atoms with Gasteiger partial charge in [-0.1, -0.05) is 6.61 Å². The van der Waals surface area contributed by atoms with Gasteiger partial charge in [-0.05, 0) is 0 Å². The second-order valence-corrected chi connectivity index (χ2v) is 2.48. The molecule has 0 spiro atoms. The van der Waals surface area contributed by atoms with Crippen molar-refractivity contribution < 1.29 is 51.2 Å². The monoisotopic (exact) mass is 227 g/mol. The van der Waals surface area contributed by atoms with Crippen molar-refractivity contribution in [2.75, 3.05) is 13.7 Å². The molecule has 0 saturated carbocycles. The fraction of sp³-hybridized carbons (Fsp3) is 0.667. The normalized spacial score (nSPS) is 15.9. The number of hydrogen-bond donors (Lipinski definition) is 0. The first-order chi connectivity index (χ1) is 3.62. The van der Waals surface area contributed by atoms with Gasteiger partial charge in [0.2, 0.25) is 0 Å². The molecular formula is C3H7O4PY-2. The van der Waals surface area contributed by atoms with Crippen LogP contribution in [0.1, 0.15) is 0 Å². The van der Waals surface area contributed by atoms with Gasteiger partial charge in [0.15, 0.2) is 0 Å². The molecule has 1 unspecified atom stereocenters. The van der Waals surface area contributed by atoms with E-state index in [2.05, 4.69) is 16.0 Å². The third-order valence-electron chi connectivity index (χ3n) is 0.473. The Hall–Kier alpha value is 1.21. The van der Waals surface area contributed by atoms with E-state index in [4.69, 9.17) is 0 Å². The summed E-state index contributed by atoms with van der Waals surface area (Å²) in [5.74, 6) is 0. The predicted octanol–water partition coefficient (Wildman–Crippen LogP) is -0.0506. The standard InChI is InChI=1S/C3H8O4P.Y/c1-3-7-8(4,5)6-2;/h1,3H2,2H3,(H,4,5);/q-1;/p-1. The molecule has 6 heteroatoms. The first kappa shape index (κ1) is 12.9. The van der Waals surface area contributed by atoms with Gasteiger partial charge in [0.25, 0.3) is 7.82 Å². The van der Waals surface area contributed by atoms with Gasteiger partial charge in [-0.3, -0.25) is 4.57 Å². The van der Waals surface area contributed by atoms with Crippen molar-refractivity contribution in [1.29, 1.82) is 0 Å². The smallest absolute Gasteiger partial charge is 0.265 e. The van der Waals surface area contributed by atoms with Crippen LogP contribution in [0.5, 0.6) is 0 Å². The van der Waals surface area contributed by atoms with Gasteiger partial charge in [-0.15, -0.1) is 0 Å². The SMILES string of the molecule is [CH2-]COP(=O)([O-])OC.[Y]. The summed E-state index contributed by atoms with van der Waals surface area (Å²) in [6, 6.07) is 0. The molecule has 0 amide bonds. The first-order valence-electron chi connectivity index (χ1n) is 1.93. The Balaban J connectivity index is 0. The van der Waals surface area contributed by atoms with Crippen LogP contribution >= 0.6 is 7.82 Å². The molecule has 0 aliphatic carbocycles. The van der Waals surface area contributed by atoms with Gasteiger partial charge in [0.1, 0.15) is 0 Å². The molecule has 0 aliphatic heterocycles. The Morgan fingerprint density at radius 1 is 1.78 bits per heavy atom. The van der Waals surface area contributed by atoms with Crippen LogP contribution in [0.15, 0.2) is 0 Å². The minimum atomic E-state index is -3.99. The Bertz CT molecular complexity index is 106. The average Bonchev–Trinajstić information content (AvgIpc) is 1.67. The first-order valence-corrected chi connectivity index (χ1v) is 3.39. The molecule has 0 aliphatic rings. The zero-order chi connectivity index (χ0) is 6.62. The van der Waals surface area contributed by atoms with Gasteiger partial charge in [0.05, 0.1) is 0 Å². The maximum Gasteiger partial charge on any atom is 0.265 e. The van der Waals surface area contributed by atoms with Crippen LogP contribution < -0.4 is 4.89 Å². The number of phosphoric ester groups is 1. The van der Waals surface area contributed by atoms with Crippen LogP contribution in [0.3, 0.4) is 0 Å². The summed E-state index contributed by atoms with van der Waals surface area (Å²) in [4.78, 5) is 10.1. The van der Waals surface area contributed by atoms with Crippen LogP contribution in [-0.4, -0.2) is 13.7 Å². The van der Waals surface area contributed by atoms with E-state index >= 15 is 0 Å². The van der Waals surface area contributed by atoms with Crippen LogP contribution in [0.4, 0.5) is 0 Å². The van der Waals surface area contributed by atoms with Crippen molar-refractivity contribution in [3.63, 3.8) is 0 Å². The van der Waals surface area contributed by atoms with Crippen LogP contribution in [0.25, 0.3) is 0 Å². The van der Waals surface area contributed by atoms with E-state index in [1.807, 2.05) is 0 Å². The predicted molar refractivity (Wildman–Crippen MR) is 25.9 cm³/mol. The van der Waals surface area contributed by atoms with Gasteiger partial charge in [-0.25, -0.2) is 0 Å². The Labute approximate surface area is 79.4 Å². The molecule has 1 atom stereocenters. The molecule has 0 saturated heterocycles. The Morgan fingerprint density at radius 2 is 2.22 bits per heavy atom. The van der Waals surface area contributed by atoms with Crippen molar-refractivity contribution in [2.45, 2.75) is 0 Å². The molecule has 4 nitrogen and oxygen atoms in total. The molecule has 53 valence electrons. The zero-order valence-electron chi connectivity index (χ0n) is 5.07. The summed E-state index contributed by atoms with van der Waals surface area (Å²) in [5.41, 5.74) is 0. The molecule has 0 rings (SSSR count). The molecule has 9 heavy (non-hydrogen) atoms. The molecule has 0 fully saturated rings. The van der Waals surface area contributed by atoms with E-state index in [0.717, 1.165) is 7.11 Å². The van der Waals surface area contributed by atoms with Crippen molar-refractivity contribution in [1.82, 2.24) is 0 Å². The number of hydrogen-bond acceptors (Lipinski definition) is 4. The van der Waals surface area contributed by atoms with Crippen LogP contribution in [0.2, 0.25) is 0 Å². The quantitative estimate of drug-likeness (QED) is 0.501.